The van der Waals surface area contributed by atoms with Crippen LogP contribution in [0.5, 0.6) is 11.5 Å². The highest BCUT2D eigenvalue weighted by atomic mass is 16.5. The molecule has 2 atom stereocenters. The number of aromatic nitrogens is 1. The number of anilines is 1. The summed E-state index contributed by atoms with van der Waals surface area (Å²) in [6, 6.07) is 13.6. The third kappa shape index (κ3) is 10.5. The fourth-order valence-electron chi connectivity index (χ4n) is 10.2. The highest BCUT2D eigenvalue weighted by Crippen LogP contribution is 2.40. The van der Waals surface area contributed by atoms with Gasteiger partial charge in [0.1, 0.15) is 23.2 Å². The van der Waals surface area contributed by atoms with Crippen LogP contribution in [-0.4, -0.2) is 149 Å². The van der Waals surface area contributed by atoms with E-state index in [1.165, 1.54) is 30.4 Å². The highest BCUT2D eigenvalue weighted by Gasteiger charge is 2.42. The molecule has 3 saturated heterocycles. The Morgan fingerprint density at radius 3 is 2.58 bits per heavy atom. The van der Waals surface area contributed by atoms with Crippen LogP contribution in [0.15, 0.2) is 47.0 Å². The molecule has 1 saturated carbocycles. The number of hydrogen-bond acceptors (Lipinski definition) is 12. The summed E-state index contributed by atoms with van der Waals surface area (Å²) in [5.41, 5.74) is 3.68. The molecule has 15 heteroatoms. The lowest BCUT2D eigenvalue weighted by Gasteiger charge is -2.47. The number of carbonyl (C=O) groups excluding carboxylic acids is 2. The van der Waals surface area contributed by atoms with E-state index in [1.54, 1.807) is 12.1 Å². The number of morpholine rings is 1. The van der Waals surface area contributed by atoms with Gasteiger partial charge in [0.15, 0.2) is 18.1 Å². The maximum Gasteiger partial charge on any atom is 0.323 e. The summed E-state index contributed by atoms with van der Waals surface area (Å²) in [5.74, 6) is 0.185. The molecule has 5 heterocycles. The number of carbonyl (C=O) groups is 3. The molecule has 336 valence electrons. The lowest BCUT2D eigenvalue weighted by atomic mass is 9.89. The number of phenols is 1. The largest absolute Gasteiger partial charge is 0.506 e. The minimum Gasteiger partial charge on any atom is -0.506 e. The van der Waals surface area contributed by atoms with E-state index in [0.717, 1.165) is 64.0 Å². The average Bonchev–Trinajstić information content (AvgIpc) is 3.94. The Hall–Kier alpha value is -4.54. The van der Waals surface area contributed by atoms with Gasteiger partial charge in [-0.2, -0.15) is 0 Å². The molecule has 1 spiro atoms. The van der Waals surface area contributed by atoms with Crippen LogP contribution in [0.3, 0.4) is 0 Å². The Morgan fingerprint density at radius 2 is 1.81 bits per heavy atom. The maximum atomic E-state index is 13.3. The van der Waals surface area contributed by atoms with E-state index in [0.29, 0.717) is 87.6 Å². The van der Waals surface area contributed by atoms with Crippen molar-refractivity contribution in [2.75, 3.05) is 77.5 Å². The highest BCUT2D eigenvalue weighted by molar-refractivity contribution is 5.97. The zero-order valence-corrected chi connectivity index (χ0v) is 36.4. The van der Waals surface area contributed by atoms with Crippen molar-refractivity contribution in [1.82, 2.24) is 24.8 Å². The van der Waals surface area contributed by atoms with Gasteiger partial charge in [0, 0.05) is 70.4 Å². The molecule has 3 aromatic rings. The number of aromatic hydroxyl groups is 1. The first-order valence-corrected chi connectivity index (χ1v) is 22.8. The van der Waals surface area contributed by atoms with Crippen molar-refractivity contribution in [3.8, 4) is 11.5 Å². The molecule has 4 fully saturated rings. The van der Waals surface area contributed by atoms with Crippen molar-refractivity contribution in [3.63, 3.8) is 0 Å². The lowest BCUT2D eigenvalue weighted by molar-refractivity contribution is -0.146. The van der Waals surface area contributed by atoms with Gasteiger partial charge in [-0.25, -0.2) is 0 Å². The van der Waals surface area contributed by atoms with Gasteiger partial charge in [-0.1, -0.05) is 68.6 Å². The molecule has 8 rings (SSSR count). The van der Waals surface area contributed by atoms with Gasteiger partial charge in [-0.3, -0.25) is 29.1 Å². The van der Waals surface area contributed by atoms with Crippen LogP contribution in [0, 0.1) is 0 Å². The quantitative estimate of drug-likeness (QED) is 0.159. The van der Waals surface area contributed by atoms with Crippen molar-refractivity contribution < 1.29 is 43.3 Å². The van der Waals surface area contributed by atoms with E-state index in [2.05, 4.69) is 49.4 Å². The predicted octanol–water partition coefficient (Wildman–Crippen LogP) is 5.31. The summed E-state index contributed by atoms with van der Waals surface area (Å²) >= 11 is 0. The Balaban J connectivity index is 0.802. The summed E-state index contributed by atoms with van der Waals surface area (Å²) in [5, 5.41) is 27.6. The molecule has 15 nitrogen and oxygen atoms in total. The number of aliphatic carboxylic acids is 1. The number of nitrogens with one attached hydrogen (secondary N) is 1. The standard InChI is InChI=1S/C47H64N6O9/c1-32(2)40-28-37(49-62-40)45(56)53-24-26-61-47(31-53)16-20-50(21-17-47)29-34-8-6-7-33(27-34)15-25-59-39-14-19-52(43(39)46(57)58)23-22-51(36-9-4-3-5-10-36)18-13-35-11-12-38(54)42-44(35)60-30-41(55)48-42/h6-8,11-12,27-28,32,36,39,43,54H,3-5,9-10,13-26,29-31H2,1-2H3,(H,48,55)(H,57,58)/t39?,43-/m0/s1. The fourth-order valence-corrected chi connectivity index (χ4v) is 10.2. The minimum absolute atomic E-state index is 0.00713. The van der Waals surface area contributed by atoms with Crippen molar-refractivity contribution in [2.45, 2.75) is 114 Å². The average molecular weight is 857 g/mol. The number of fused-ring (bicyclic) bond motifs is 1. The number of phenolic OH excluding ortho intramolecular Hbond substituents is 1. The van der Waals surface area contributed by atoms with Crippen LogP contribution >= 0.6 is 0 Å². The number of amides is 2. The molecule has 1 aliphatic carbocycles. The van der Waals surface area contributed by atoms with Gasteiger partial charge in [0.2, 0.25) is 0 Å². The molecule has 1 aromatic heterocycles. The van der Waals surface area contributed by atoms with E-state index in [-0.39, 0.29) is 41.8 Å². The van der Waals surface area contributed by atoms with Crippen molar-refractivity contribution in [3.05, 3.63) is 70.6 Å². The first kappa shape index (κ1) is 44.1. The molecule has 2 aromatic carbocycles. The van der Waals surface area contributed by atoms with E-state index in [4.69, 9.17) is 18.7 Å². The van der Waals surface area contributed by atoms with Crippen LogP contribution in [0.2, 0.25) is 0 Å². The summed E-state index contributed by atoms with van der Waals surface area (Å²) in [6.45, 7) is 11.4. The molecule has 3 N–H and O–H groups in total. The molecule has 5 aliphatic rings. The van der Waals surface area contributed by atoms with Crippen molar-refractivity contribution in [2.24, 2.45) is 0 Å². The fraction of sp³-hybridized carbons (Fsp3) is 0.617. The summed E-state index contributed by atoms with van der Waals surface area (Å²) in [6.07, 6.45) is 9.24. The molecule has 4 aliphatic heterocycles. The number of piperidine rings is 1. The second-order valence-electron chi connectivity index (χ2n) is 18.3. The number of nitrogens with zero attached hydrogens (tertiary/aromatic N) is 5. The number of carboxylic acid groups (broad SMARTS) is 1. The van der Waals surface area contributed by atoms with Gasteiger partial charge in [0.05, 0.1) is 31.5 Å². The topological polar surface area (TPSA) is 170 Å². The predicted molar refractivity (Wildman–Crippen MR) is 232 cm³/mol. The molecular weight excluding hydrogens is 793 g/mol. The number of carboxylic acids is 1. The monoisotopic (exact) mass is 856 g/mol. The Morgan fingerprint density at radius 1 is 1.00 bits per heavy atom. The number of hydrogen-bond donors (Lipinski definition) is 3. The molecule has 0 radical (unpaired) electrons. The Kier molecular flexibility index (Phi) is 14.1. The zero-order chi connectivity index (χ0) is 43.2. The Labute approximate surface area is 364 Å². The van der Waals surface area contributed by atoms with Gasteiger partial charge in [0.25, 0.3) is 11.8 Å². The number of ether oxygens (including phenoxy) is 3. The zero-order valence-electron chi connectivity index (χ0n) is 36.4. The summed E-state index contributed by atoms with van der Waals surface area (Å²) < 4.78 is 23.9. The number of rotatable bonds is 16. The minimum atomic E-state index is -0.843. The maximum absolute atomic E-state index is 13.3. The van der Waals surface area contributed by atoms with Crippen molar-refractivity contribution >= 4 is 23.5 Å². The number of likely N-dealkylation sites (tertiary alicyclic amines) is 2. The van der Waals surface area contributed by atoms with Gasteiger partial charge < -0.3 is 39.2 Å². The van der Waals surface area contributed by atoms with Crippen LogP contribution in [0.4, 0.5) is 5.69 Å². The first-order chi connectivity index (χ1) is 30.0. The molecule has 2 amide bonds. The van der Waals surface area contributed by atoms with Gasteiger partial charge >= 0.3 is 5.97 Å². The van der Waals surface area contributed by atoms with Gasteiger partial charge in [-0.15, -0.1) is 0 Å². The van der Waals surface area contributed by atoms with E-state index >= 15 is 0 Å². The molecular formula is C47H64N6O9. The second-order valence-corrected chi connectivity index (χ2v) is 18.3. The molecule has 1 unspecified atom stereocenters. The van der Waals surface area contributed by atoms with E-state index in [9.17, 15) is 24.6 Å². The van der Waals surface area contributed by atoms with Crippen molar-refractivity contribution in [1.29, 1.82) is 0 Å². The van der Waals surface area contributed by atoms with Crippen LogP contribution in [0.1, 0.15) is 104 Å². The molecule has 62 heavy (non-hydrogen) atoms. The summed E-state index contributed by atoms with van der Waals surface area (Å²) in [7, 11) is 0. The number of benzene rings is 2. The molecule has 0 bridgehead atoms. The normalized spacial score (nSPS) is 22.3. The van der Waals surface area contributed by atoms with Gasteiger partial charge in [-0.05, 0) is 67.7 Å². The van der Waals surface area contributed by atoms with Crippen LogP contribution < -0.4 is 10.1 Å². The SMILES string of the molecule is CC(C)c1cc(C(=O)N2CCOC3(CCN(Cc4cccc(CCOC5CCN(CCN(CCc6ccc(O)c7c6OCC(=O)N7)C6CCCCC6)[C@@H]5C(=O)O)c4)CC3)C2)no1. The summed E-state index contributed by atoms with van der Waals surface area (Å²) in [4.78, 5) is 46.9. The van der Waals surface area contributed by atoms with E-state index in [1.807, 2.05) is 24.8 Å². The first-order valence-electron chi connectivity index (χ1n) is 22.8. The third-order valence-corrected chi connectivity index (χ3v) is 13.7. The third-order valence-electron chi connectivity index (χ3n) is 13.7. The Bertz CT molecular complexity index is 2030. The lowest BCUT2D eigenvalue weighted by Crippen LogP contribution is -2.58. The second kappa shape index (κ2) is 19.9. The van der Waals surface area contributed by atoms with E-state index < -0.39 is 12.0 Å². The smallest absolute Gasteiger partial charge is 0.323 e. The van der Waals surface area contributed by atoms with Crippen LogP contribution in [-0.2, 0) is 38.4 Å². The van der Waals surface area contributed by atoms with Crippen LogP contribution in [0.25, 0.3) is 0 Å².